The minimum Gasteiger partial charge on any atom is -0.0698 e. The molecule has 0 aliphatic carbocycles. The zero-order valence-corrected chi connectivity index (χ0v) is 64.5. The minimum absolute atomic E-state index is 0.00944. The van der Waals surface area contributed by atoms with Crippen LogP contribution in [0.4, 0.5) is 0 Å². The Balaban J connectivity index is 0. The van der Waals surface area contributed by atoms with Crippen LogP contribution in [0.5, 0.6) is 0 Å². The molecular weight excluding hydrogens is 930 g/mol. The molecule has 0 radical (unpaired) electrons. The van der Waals surface area contributed by atoms with E-state index >= 15 is 0 Å². The van der Waals surface area contributed by atoms with Gasteiger partial charge in [-0.2, -0.15) is 0 Å². The van der Waals surface area contributed by atoms with E-state index in [2.05, 4.69) is 236 Å². The largest absolute Gasteiger partial charge is 0.0698 e. The van der Waals surface area contributed by atoms with Crippen LogP contribution in [0.3, 0.4) is 0 Å². The van der Waals surface area contributed by atoms with Crippen LogP contribution in [0, 0.1) is 0 Å². The standard InChI is InChI=1S/2C20H58Si8/c2*1-23(2,3)19(24(4,5)6,25(7,8)9)21-22-20(26(10,11)12,27(13,14)15)28(16,17)18/h2*21-22H2,1-18H3. The Morgan fingerprint density at radius 1 is 0.143 bits per heavy atom. The van der Waals surface area contributed by atoms with Crippen molar-refractivity contribution < 1.29 is 0 Å². The molecule has 0 nitrogen and oxygen atoms in total. The van der Waals surface area contributed by atoms with E-state index < -0.39 is 96.9 Å². The average Bonchev–Trinajstić information content (AvgIpc) is 2.74. The topological polar surface area (TPSA) is 0 Å². The molecule has 0 spiro atoms. The van der Waals surface area contributed by atoms with Gasteiger partial charge in [-0.05, 0) is 0 Å². The molecule has 0 heterocycles. The average molecular weight is 1050 g/mol. The summed E-state index contributed by atoms with van der Waals surface area (Å²) >= 11 is 0. The van der Waals surface area contributed by atoms with Gasteiger partial charge in [-0.25, -0.2) is 0 Å². The van der Waals surface area contributed by atoms with Crippen LogP contribution in [-0.4, -0.2) is 133 Å². The van der Waals surface area contributed by atoms with Crippen LogP contribution >= 0.6 is 0 Å². The monoisotopic (exact) mass is 1040 g/mol. The van der Waals surface area contributed by atoms with E-state index in [4.69, 9.17) is 0 Å². The molecule has 0 amide bonds. The first-order chi connectivity index (χ1) is 23.4. The minimum atomic E-state index is -1.22. The van der Waals surface area contributed by atoms with Gasteiger partial charge in [-0.1, -0.05) is 251 Å². The molecule has 0 aromatic carbocycles. The van der Waals surface area contributed by atoms with Crippen molar-refractivity contribution in [2.75, 3.05) is 0 Å². The lowest BCUT2D eigenvalue weighted by molar-refractivity contribution is 1.22. The fourth-order valence-electron chi connectivity index (χ4n) is 18.8. The summed E-state index contributed by atoms with van der Waals surface area (Å²) in [5, 5.41) is 0. The van der Waals surface area contributed by atoms with Crippen LogP contribution in [0.25, 0.3) is 0 Å². The molecule has 0 aliphatic heterocycles. The van der Waals surface area contributed by atoms with Gasteiger partial charge in [0, 0.05) is 133 Å². The molecule has 0 aliphatic rings. The molecule has 0 N–H and O–H groups in total. The molecule has 0 aromatic heterocycles. The SMILES string of the molecule is C[Si](C)(C)C([SiH2][SiH2]C([Si](C)(C)C)([Si](C)(C)C)[Si](C)(C)C)([Si](C)(C)C)[Si](C)(C)C.C[Si](C)(C)C([SiH2][SiH2]C([Si](C)(C)C)([Si](C)(C)C)[Si](C)(C)C)([Si](C)(C)C)[Si](C)(C)C. The Morgan fingerprint density at radius 3 is 0.232 bits per heavy atom. The van der Waals surface area contributed by atoms with E-state index in [0.717, 1.165) is 15.6 Å². The Morgan fingerprint density at radius 2 is 0.196 bits per heavy atom. The molecule has 0 atom stereocenters. The van der Waals surface area contributed by atoms with Crippen molar-refractivity contribution in [1.82, 2.24) is 0 Å². The van der Waals surface area contributed by atoms with Crippen molar-refractivity contribution in [3.8, 4) is 0 Å². The number of rotatable bonds is 18. The molecule has 56 heavy (non-hydrogen) atoms. The van der Waals surface area contributed by atoms with Gasteiger partial charge in [0.1, 0.15) is 0 Å². The predicted molar refractivity (Wildman–Crippen MR) is 325 cm³/mol. The van der Waals surface area contributed by atoms with E-state index in [1.807, 2.05) is 0 Å². The van der Waals surface area contributed by atoms with E-state index in [1.54, 1.807) is 0 Å². The summed E-state index contributed by atoms with van der Waals surface area (Å²) in [6, 6.07) is 0. The zero-order valence-electron chi connectivity index (χ0n) is 46.8. The first-order valence-corrected chi connectivity index (χ1v) is 76.2. The maximum absolute atomic E-state index is 2.78. The zero-order chi connectivity index (χ0) is 46.8. The smallest absolute Gasteiger partial charge is 0.0418 e. The van der Waals surface area contributed by atoms with E-state index in [-0.39, 0.29) is 36.1 Å². The van der Waals surface area contributed by atoms with Crippen LogP contribution in [-0.2, 0) is 0 Å². The summed E-state index contributed by atoms with van der Waals surface area (Å²) in [5.41, 5.74) is 0. The molecule has 16 heteroatoms. The van der Waals surface area contributed by atoms with Gasteiger partial charge in [0.2, 0.25) is 0 Å². The quantitative estimate of drug-likeness (QED) is 0.120. The summed E-state index contributed by atoms with van der Waals surface area (Å²) < 4.78 is 3.62. The summed E-state index contributed by atoms with van der Waals surface area (Å²) in [4.78, 5) is 0. The van der Waals surface area contributed by atoms with E-state index in [9.17, 15) is 0 Å². The maximum atomic E-state index is 2.78. The Hall–Kier alpha value is 3.47. The summed E-state index contributed by atoms with van der Waals surface area (Å²) in [6.45, 7) is 100. The molecule has 0 bridgehead atoms. The third kappa shape index (κ3) is 11.6. The van der Waals surface area contributed by atoms with Gasteiger partial charge in [0.15, 0.2) is 0 Å². The van der Waals surface area contributed by atoms with Crippen molar-refractivity contribution in [1.29, 1.82) is 0 Å². The molecule has 0 saturated heterocycles. The summed E-state index contributed by atoms with van der Waals surface area (Å²) in [5.74, 6) is 0. The lowest BCUT2D eigenvalue weighted by Crippen LogP contribution is -2.74. The lowest BCUT2D eigenvalue weighted by atomic mass is 11.6. The van der Waals surface area contributed by atoms with Crippen LogP contribution < -0.4 is 0 Å². The number of hydrogen-bond acceptors (Lipinski definition) is 0. The highest BCUT2D eigenvalue weighted by Crippen LogP contribution is 2.59. The second kappa shape index (κ2) is 18.0. The molecule has 0 unspecified atom stereocenters. The van der Waals surface area contributed by atoms with Crippen LogP contribution in [0.1, 0.15) is 0 Å². The maximum Gasteiger partial charge on any atom is 0.0418 e. The normalized spacial score (nSPS) is 17.4. The fraction of sp³-hybridized carbons (Fsp3) is 1.00. The third-order valence-corrected chi connectivity index (χ3v) is 181. The summed E-state index contributed by atoms with van der Waals surface area (Å²) in [6.07, 6.45) is 0. The Bertz CT molecular complexity index is 911. The fourth-order valence-corrected chi connectivity index (χ4v) is 263. The molecule has 0 aromatic rings. The Kier molecular flexibility index (Phi) is 19.8. The molecular formula is C40H116Si16. The molecule has 0 rings (SSSR count). The first-order valence-electron chi connectivity index (χ1n) is 23.4. The van der Waals surface area contributed by atoms with Crippen molar-refractivity contribution in [2.45, 2.75) is 251 Å². The van der Waals surface area contributed by atoms with E-state index in [0.29, 0.717) is 0 Å². The van der Waals surface area contributed by atoms with E-state index in [1.165, 1.54) is 0 Å². The highest BCUT2D eigenvalue weighted by Gasteiger charge is 2.66. The molecule has 0 fully saturated rings. The highest BCUT2D eigenvalue weighted by molar-refractivity contribution is 7.40. The van der Waals surface area contributed by atoms with Crippen molar-refractivity contribution in [2.24, 2.45) is 0 Å². The van der Waals surface area contributed by atoms with Crippen molar-refractivity contribution in [3.05, 3.63) is 0 Å². The Labute approximate surface area is 380 Å². The van der Waals surface area contributed by atoms with Crippen molar-refractivity contribution in [3.63, 3.8) is 0 Å². The van der Waals surface area contributed by atoms with Gasteiger partial charge in [-0.3, -0.25) is 0 Å². The number of hydrogen-bond donors (Lipinski definition) is 0. The summed E-state index contributed by atoms with van der Waals surface area (Å²) in [7, 11) is -14.7. The second-order valence-electron chi connectivity index (χ2n) is 31.6. The third-order valence-electron chi connectivity index (χ3n) is 17.1. The first kappa shape index (κ1) is 61.6. The van der Waals surface area contributed by atoms with Gasteiger partial charge in [-0.15, -0.1) is 0 Å². The molecule has 340 valence electrons. The van der Waals surface area contributed by atoms with Crippen LogP contribution in [0.2, 0.25) is 251 Å². The highest BCUT2D eigenvalue weighted by atomic mass is 29.2. The second-order valence-corrected chi connectivity index (χ2v) is 123. The van der Waals surface area contributed by atoms with Gasteiger partial charge in [0.05, 0.1) is 0 Å². The van der Waals surface area contributed by atoms with Crippen LogP contribution in [0.15, 0.2) is 0 Å². The van der Waals surface area contributed by atoms with Gasteiger partial charge in [0.25, 0.3) is 0 Å². The van der Waals surface area contributed by atoms with Gasteiger partial charge >= 0.3 is 0 Å². The lowest BCUT2D eigenvalue weighted by Gasteiger charge is -2.64. The van der Waals surface area contributed by atoms with Gasteiger partial charge < -0.3 is 0 Å². The predicted octanol–water partition coefficient (Wildman–Crippen LogP) is 13.6. The van der Waals surface area contributed by atoms with Crippen molar-refractivity contribution >= 4 is 133 Å². The molecule has 0 saturated carbocycles.